The molecular formula is C17H28N2O2. The first-order chi connectivity index (χ1) is 10.1. The van der Waals surface area contributed by atoms with E-state index in [2.05, 4.69) is 37.1 Å². The predicted molar refractivity (Wildman–Crippen MR) is 84.7 cm³/mol. The van der Waals surface area contributed by atoms with E-state index in [0.717, 1.165) is 50.7 Å². The summed E-state index contributed by atoms with van der Waals surface area (Å²) in [5, 5.41) is 3.49. The third-order valence-electron chi connectivity index (χ3n) is 3.74. The van der Waals surface area contributed by atoms with Crippen molar-refractivity contribution in [2.24, 2.45) is 5.92 Å². The molecule has 4 heteroatoms. The Morgan fingerprint density at radius 1 is 1.33 bits per heavy atom. The van der Waals surface area contributed by atoms with E-state index < -0.39 is 0 Å². The van der Waals surface area contributed by atoms with Crippen LogP contribution in [0, 0.1) is 19.8 Å². The molecule has 1 aliphatic rings. The maximum absolute atomic E-state index is 6.17. The quantitative estimate of drug-likeness (QED) is 0.875. The molecule has 2 rings (SSSR count). The van der Waals surface area contributed by atoms with Crippen LogP contribution in [0.4, 0.5) is 0 Å². The molecule has 0 atom stereocenters. The van der Waals surface area contributed by atoms with Gasteiger partial charge in [-0.1, -0.05) is 13.8 Å². The number of pyridine rings is 1. The lowest BCUT2D eigenvalue weighted by Crippen LogP contribution is -2.27. The van der Waals surface area contributed by atoms with Crippen molar-refractivity contribution in [3.8, 4) is 5.88 Å². The number of rotatable bonds is 6. The zero-order chi connectivity index (χ0) is 15.2. The molecule has 2 heterocycles. The average molecular weight is 292 g/mol. The lowest BCUT2D eigenvalue weighted by molar-refractivity contribution is 0.0232. The van der Waals surface area contributed by atoms with Gasteiger partial charge in [-0.25, -0.2) is 4.98 Å². The summed E-state index contributed by atoms with van der Waals surface area (Å²) in [6, 6.07) is 2.13. The van der Waals surface area contributed by atoms with Crippen LogP contribution in [0.1, 0.15) is 43.5 Å². The standard InChI is InChI=1S/C17H28N2O2/c1-12(2)10-18-11-16-13(3)9-14(4)19-17(16)21-15-5-7-20-8-6-15/h9,12,15,18H,5-8,10-11H2,1-4H3. The third kappa shape index (κ3) is 4.97. The zero-order valence-corrected chi connectivity index (χ0v) is 13.7. The topological polar surface area (TPSA) is 43.4 Å². The fourth-order valence-corrected chi connectivity index (χ4v) is 2.58. The van der Waals surface area contributed by atoms with Crippen molar-refractivity contribution in [1.82, 2.24) is 10.3 Å². The van der Waals surface area contributed by atoms with Crippen molar-refractivity contribution in [2.75, 3.05) is 19.8 Å². The Morgan fingerprint density at radius 2 is 2.05 bits per heavy atom. The van der Waals surface area contributed by atoms with E-state index in [4.69, 9.17) is 9.47 Å². The highest BCUT2D eigenvalue weighted by atomic mass is 16.5. The molecule has 0 aliphatic carbocycles. The number of nitrogens with zero attached hydrogens (tertiary/aromatic N) is 1. The van der Waals surface area contributed by atoms with Gasteiger partial charge >= 0.3 is 0 Å². The first kappa shape index (κ1) is 16.2. The van der Waals surface area contributed by atoms with Crippen LogP contribution < -0.4 is 10.1 Å². The Kier molecular flexibility index (Phi) is 6.00. The number of ether oxygens (including phenoxy) is 2. The van der Waals surface area contributed by atoms with Gasteiger partial charge in [0.05, 0.1) is 13.2 Å². The first-order valence-corrected chi connectivity index (χ1v) is 7.98. The number of hydrogen-bond donors (Lipinski definition) is 1. The second kappa shape index (κ2) is 7.76. The Labute approximate surface area is 128 Å². The van der Waals surface area contributed by atoms with Gasteiger partial charge in [0.1, 0.15) is 6.10 Å². The molecular weight excluding hydrogens is 264 g/mol. The molecule has 118 valence electrons. The molecule has 1 fully saturated rings. The smallest absolute Gasteiger partial charge is 0.218 e. The van der Waals surface area contributed by atoms with E-state index in [1.165, 1.54) is 11.1 Å². The highest BCUT2D eigenvalue weighted by Gasteiger charge is 2.19. The van der Waals surface area contributed by atoms with Crippen LogP contribution in [0.2, 0.25) is 0 Å². The Morgan fingerprint density at radius 3 is 2.71 bits per heavy atom. The van der Waals surface area contributed by atoms with Crippen molar-refractivity contribution < 1.29 is 9.47 Å². The van der Waals surface area contributed by atoms with Crippen molar-refractivity contribution in [3.05, 3.63) is 22.9 Å². The van der Waals surface area contributed by atoms with Gasteiger partial charge in [-0.3, -0.25) is 0 Å². The summed E-state index contributed by atoms with van der Waals surface area (Å²) in [6.45, 7) is 12.0. The minimum Gasteiger partial charge on any atom is -0.474 e. The SMILES string of the molecule is Cc1cc(C)c(CNCC(C)C)c(OC2CCOCC2)n1. The molecule has 0 unspecified atom stereocenters. The van der Waals surface area contributed by atoms with Crippen molar-refractivity contribution in [3.63, 3.8) is 0 Å². The average Bonchev–Trinajstić information content (AvgIpc) is 2.42. The molecule has 0 saturated carbocycles. The predicted octanol–water partition coefficient (Wildman–Crippen LogP) is 3.00. The van der Waals surface area contributed by atoms with Crippen molar-refractivity contribution >= 4 is 0 Å². The molecule has 0 radical (unpaired) electrons. The molecule has 0 spiro atoms. The first-order valence-electron chi connectivity index (χ1n) is 7.98. The summed E-state index contributed by atoms with van der Waals surface area (Å²) in [5.41, 5.74) is 3.45. The Balaban J connectivity index is 2.09. The highest BCUT2D eigenvalue weighted by Crippen LogP contribution is 2.24. The fraction of sp³-hybridized carbons (Fsp3) is 0.706. The van der Waals surface area contributed by atoms with Gasteiger partial charge in [0.15, 0.2) is 0 Å². The normalized spacial score (nSPS) is 16.4. The summed E-state index contributed by atoms with van der Waals surface area (Å²) in [4.78, 5) is 4.62. The van der Waals surface area contributed by atoms with Crippen molar-refractivity contribution in [2.45, 2.75) is 53.2 Å². The van der Waals surface area contributed by atoms with Gasteiger partial charge in [0, 0.05) is 30.6 Å². The summed E-state index contributed by atoms with van der Waals surface area (Å²) >= 11 is 0. The van der Waals surface area contributed by atoms with Crippen LogP contribution in [0.5, 0.6) is 5.88 Å². The second-order valence-electron chi connectivity index (χ2n) is 6.32. The van der Waals surface area contributed by atoms with Gasteiger partial charge in [0.2, 0.25) is 5.88 Å². The third-order valence-corrected chi connectivity index (χ3v) is 3.74. The Bertz CT molecular complexity index is 454. The molecule has 0 bridgehead atoms. The van der Waals surface area contributed by atoms with Crippen LogP contribution in [-0.2, 0) is 11.3 Å². The molecule has 1 saturated heterocycles. The Hall–Kier alpha value is -1.13. The summed E-state index contributed by atoms with van der Waals surface area (Å²) in [7, 11) is 0. The lowest BCUT2D eigenvalue weighted by atomic mass is 10.1. The second-order valence-corrected chi connectivity index (χ2v) is 6.32. The number of aromatic nitrogens is 1. The lowest BCUT2D eigenvalue weighted by Gasteiger charge is -2.24. The summed E-state index contributed by atoms with van der Waals surface area (Å²) in [6.07, 6.45) is 2.14. The largest absolute Gasteiger partial charge is 0.474 e. The number of hydrogen-bond acceptors (Lipinski definition) is 4. The minimum atomic E-state index is 0.233. The van der Waals surface area contributed by atoms with Crippen LogP contribution >= 0.6 is 0 Å². The molecule has 4 nitrogen and oxygen atoms in total. The fourth-order valence-electron chi connectivity index (χ4n) is 2.58. The minimum absolute atomic E-state index is 0.233. The van der Waals surface area contributed by atoms with Gasteiger partial charge in [-0.05, 0) is 37.9 Å². The summed E-state index contributed by atoms with van der Waals surface area (Å²) < 4.78 is 11.6. The van der Waals surface area contributed by atoms with E-state index in [-0.39, 0.29) is 6.10 Å². The maximum Gasteiger partial charge on any atom is 0.218 e. The van der Waals surface area contributed by atoms with Crippen LogP contribution in [0.25, 0.3) is 0 Å². The van der Waals surface area contributed by atoms with Crippen LogP contribution in [0.3, 0.4) is 0 Å². The van der Waals surface area contributed by atoms with E-state index >= 15 is 0 Å². The van der Waals surface area contributed by atoms with Gasteiger partial charge in [-0.15, -0.1) is 0 Å². The van der Waals surface area contributed by atoms with Gasteiger partial charge < -0.3 is 14.8 Å². The maximum atomic E-state index is 6.17. The van der Waals surface area contributed by atoms with E-state index in [1.807, 2.05) is 6.92 Å². The highest BCUT2D eigenvalue weighted by molar-refractivity contribution is 5.36. The van der Waals surface area contributed by atoms with E-state index in [9.17, 15) is 0 Å². The monoisotopic (exact) mass is 292 g/mol. The molecule has 1 aromatic heterocycles. The zero-order valence-electron chi connectivity index (χ0n) is 13.7. The molecule has 21 heavy (non-hydrogen) atoms. The van der Waals surface area contributed by atoms with Gasteiger partial charge in [-0.2, -0.15) is 0 Å². The molecule has 1 aliphatic heterocycles. The number of aryl methyl sites for hydroxylation is 2. The van der Waals surface area contributed by atoms with Crippen LogP contribution in [0.15, 0.2) is 6.07 Å². The van der Waals surface area contributed by atoms with E-state index in [0.29, 0.717) is 5.92 Å². The van der Waals surface area contributed by atoms with Crippen LogP contribution in [-0.4, -0.2) is 30.8 Å². The van der Waals surface area contributed by atoms with Gasteiger partial charge in [0.25, 0.3) is 0 Å². The summed E-state index contributed by atoms with van der Waals surface area (Å²) in [5.74, 6) is 1.44. The molecule has 1 aromatic rings. The molecule has 0 aromatic carbocycles. The van der Waals surface area contributed by atoms with Crippen molar-refractivity contribution in [1.29, 1.82) is 0 Å². The molecule has 0 amide bonds. The number of nitrogens with one attached hydrogen (secondary N) is 1. The van der Waals surface area contributed by atoms with E-state index in [1.54, 1.807) is 0 Å². The molecule has 1 N–H and O–H groups in total.